The van der Waals surface area contributed by atoms with E-state index in [1.807, 2.05) is 0 Å². The van der Waals surface area contributed by atoms with Gasteiger partial charge in [-0.15, -0.1) is 0 Å². The minimum Gasteiger partial charge on any atom is -0.490 e. The van der Waals surface area contributed by atoms with Crippen LogP contribution >= 0.6 is 0 Å². The molecule has 204 valence electrons. The topological polar surface area (TPSA) is 97.1 Å². The van der Waals surface area contributed by atoms with Gasteiger partial charge in [0.05, 0.1) is 31.7 Å². The van der Waals surface area contributed by atoms with E-state index in [0.29, 0.717) is 22.6 Å². The van der Waals surface area contributed by atoms with E-state index in [4.69, 9.17) is 14.2 Å². The molecule has 13 heteroatoms. The first-order chi connectivity index (χ1) is 18.6. The number of hydrogen-bond acceptors (Lipinski definition) is 8. The lowest BCUT2D eigenvalue weighted by atomic mass is 10.0. The Balaban J connectivity index is 1.44. The predicted molar refractivity (Wildman–Crippen MR) is 131 cm³/mol. The zero-order valence-electron chi connectivity index (χ0n) is 21.5. The van der Waals surface area contributed by atoms with Crippen molar-refractivity contribution < 1.29 is 31.8 Å². The van der Waals surface area contributed by atoms with Gasteiger partial charge in [-0.3, -0.25) is 0 Å². The van der Waals surface area contributed by atoms with E-state index in [1.165, 1.54) is 39.9 Å². The molecule has 1 fully saturated rings. The number of nitrogens with zero attached hydrogens (tertiary/aromatic N) is 6. The number of rotatable bonds is 8. The fraction of sp³-hybridized carbons (Fsp3) is 0.346. The number of methoxy groups -OCH3 is 2. The van der Waals surface area contributed by atoms with Crippen LogP contribution in [-0.4, -0.2) is 43.7 Å². The molecule has 0 bridgehead atoms. The van der Waals surface area contributed by atoms with E-state index in [2.05, 4.69) is 24.9 Å². The highest BCUT2D eigenvalue weighted by atomic mass is 19.4. The van der Waals surface area contributed by atoms with Crippen LogP contribution in [0.2, 0.25) is 0 Å². The van der Waals surface area contributed by atoms with Crippen LogP contribution in [0.4, 0.5) is 17.6 Å². The summed E-state index contributed by atoms with van der Waals surface area (Å²) in [7, 11) is 4.32. The summed E-state index contributed by atoms with van der Waals surface area (Å²) in [5, 5.41) is 0. The maximum absolute atomic E-state index is 15.2. The average Bonchev–Trinajstić information content (AvgIpc) is 3.67. The van der Waals surface area contributed by atoms with Gasteiger partial charge in [-0.2, -0.15) is 18.2 Å². The lowest BCUT2D eigenvalue weighted by Gasteiger charge is -2.14. The third-order valence-corrected chi connectivity index (χ3v) is 6.28. The molecule has 0 saturated heterocycles. The van der Waals surface area contributed by atoms with Crippen molar-refractivity contribution in [3.05, 3.63) is 59.2 Å². The van der Waals surface area contributed by atoms with Crippen molar-refractivity contribution in [1.29, 1.82) is 0 Å². The molecule has 3 heterocycles. The summed E-state index contributed by atoms with van der Waals surface area (Å²) in [5.74, 6) is 0.393. The highest BCUT2D eigenvalue weighted by molar-refractivity contribution is 5.66. The van der Waals surface area contributed by atoms with Crippen molar-refractivity contribution in [2.45, 2.75) is 38.5 Å². The summed E-state index contributed by atoms with van der Waals surface area (Å²) in [4.78, 5) is 21.1. The van der Waals surface area contributed by atoms with Gasteiger partial charge < -0.3 is 18.8 Å². The van der Waals surface area contributed by atoms with Crippen LogP contribution in [0.5, 0.6) is 17.5 Å². The molecule has 0 radical (unpaired) electrons. The normalized spacial score (nSPS) is 13.4. The largest absolute Gasteiger partial charge is 0.490 e. The second kappa shape index (κ2) is 10.1. The van der Waals surface area contributed by atoms with Crippen molar-refractivity contribution in [3.8, 4) is 40.3 Å². The van der Waals surface area contributed by atoms with Gasteiger partial charge >= 0.3 is 6.18 Å². The number of aryl methyl sites for hydroxylation is 2. The first-order valence-electron chi connectivity index (χ1n) is 11.9. The van der Waals surface area contributed by atoms with Gasteiger partial charge in [0.25, 0.3) is 5.88 Å². The number of ether oxygens (including phenoxy) is 3. The fourth-order valence-corrected chi connectivity index (χ4v) is 4.30. The molecule has 4 aromatic rings. The molecule has 5 rings (SSSR count). The van der Waals surface area contributed by atoms with Gasteiger partial charge in [0.15, 0.2) is 17.3 Å². The SMILES string of the molecule is COc1cnc(-c2c(OC)ncnc2C2CC2)nc1OCc1cc(C)c(-c2nc(C(F)(F)F)cn2C)c(F)c1. The Labute approximate surface area is 220 Å². The molecule has 1 aliphatic carbocycles. The second-order valence-corrected chi connectivity index (χ2v) is 9.10. The van der Waals surface area contributed by atoms with E-state index in [0.717, 1.165) is 29.3 Å². The van der Waals surface area contributed by atoms with E-state index in [9.17, 15) is 13.2 Å². The number of hydrogen-bond donors (Lipinski definition) is 0. The molecular formula is C26H24F4N6O3. The van der Waals surface area contributed by atoms with Gasteiger partial charge in [0.1, 0.15) is 30.1 Å². The summed E-state index contributed by atoms with van der Waals surface area (Å²) in [6.07, 6.45) is 1.05. The van der Waals surface area contributed by atoms with Gasteiger partial charge in [0.2, 0.25) is 5.88 Å². The van der Waals surface area contributed by atoms with E-state index < -0.39 is 17.7 Å². The summed E-state index contributed by atoms with van der Waals surface area (Å²) in [5.41, 5.74) is 1.06. The molecule has 0 spiro atoms. The van der Waals surface area contributed by atoms with E-state index in [1.54, 1.807) is 13.0 Å². The van der Waals surface area contributed by atoms with Crippen LogP contribution in [0, 0.1) is 12.7 Å². The third kappa shape index (κ3) is 5.20. The maximum Gasteiger partial charge on any atom is 0.434 e. The van der Waals surface area contributed by atoms with E-state index >= 15 is 4.39 Å². The summed E-state index contributed by atoms with van der Waals surface area (Å²) in [6, 6.07) is 2.81. The standard InChI is InChI=1S/C26H24F4N6O3/c1-13-7-14(8-16(27)19(13)23-34-18(10-36(23)2)26(28,29)30)11-39-24-17(37-3)9-31-22(35-24)20-21(15-5-6-15)32-12-33-25(20)38-4/h7-10,12,15H,5-6,11H2,1-4H3. The zero-order chi connectivity index (χ0) is 27.9. The summed E-state index contributed by atoms with van der Waals surface area (Å²) < 4.78 is 72.3. The number of halogens is 4. The van der Waals surface area contributed by atoms with Crippen LogP contribution in [0.25, 0.3) is 22.8 Å². The van der Waals surface area contributed by atoms with Crippen molar-refractivity contribution in [2.75, 3.05) is 14.2 Å². The molecule has 0 atom stereocenters. The molecule has 0 unspecified atom stereocenters. The highest BCUT2D eigenvalue weighted by Crippen LogP contribution is 2.45. The lowest BCUT2D eigenvalue weighted by Crippen LogP contribution is -2.06. The van der Waals surface area contributed by atoms with Crippen molar-refractivity contribution in [1.82, 2.24) is 29.5 Å². The van der Waals surface area contributed by atoms with Crippen LogP contribution in [0.1, 0.15) is 41.3 Å². The highest BCUT2D eigenvalue weighted by Gasteiger charge is 2.35. The predicted octanol–water partition coefficient (Wildman–Crippen LogP) is 5.27. The number of aromatic nitrogens is 6. The second-order valence-electron chi connectivity index (χ2n) is 9.10. The summed E-state index contributed by atoms with van der Waals surface area (Å²) >= 11 is 0. The van der Waals surface area contributed by atoms with Crippen molar-refractivity contribution in [3.63, 3.8) is 0 Å². The fourth-order valence-electron chi connectivity index (χ4n) is 4.30. The smallest absolute Gasteiger partial charge is 0.434 e. The van der Waals surface area contributed by atoms with Crippen molar-refractivity contribution >= 4 is 0 Å². The molecule has 1 aliphatic rings. The van der Waals surface area contributed by atoms with Gasteiger partial charge in [-0.05, 0) is 37.0 Å². The molecule has 9 nitrogen and oxygen atoms in total. The number of benzene rings is 1. The Morgan fingerprint density at radius 3 is 2.38 bits per heavy atom. The first-order valence-corrected chi connectivity index (χ1v) is 11.9. The van der Waals surface area contributed by atoms with E-state index in [-0.39, 0.29) is 41.4 Å². The van der Waals surface area contributed by atoms with Gasteiger partial charge in [0, 0.05) is 19.2 Å². The Morgan fingerprint density at radius 1 is 1.00 bits per heavy atom. The molecular weight excluding hydrogens is 520 g/mol. The van der Waals surface area contributed by atoms with Crippen LogP contribution in [-0.2, 0) is 19.8 Å². The van der Waals surface area contributed by atoms with Crippen LogP contribution < -0.4 is 14.2 Å². The third-order valence-electron chi connectivity index (χ3n) is 6.28. The zero-order valence-corrected chi connectivity index (χ0v) is 21.5. The molecule has 39 heavy (non-hydrogen) atoms. The average molecular weight is 545 g/mol. The lowest BCUT2D eigenvalue weighted by molar-refractivity contribution is -0.140. The Hall–Kier alpha value is -4.29. The Kier molecular flexibility index (Phi) is 6.83. The molecule has 0 amide bonds. The van der Waals surface area contributed by atoms with Crippen molar-refractivity contribution in [2.24, 2.45) is 7.05 Å². The minimum absolute atomic E-state index is 0.0255. The molecule has 3 aromatic heterocycles. The molecule has 1 aromatic carbocycles. The van der Waals surface area contributed by atoms with Gasteiger partial charge in [-0.1, -0.05) is 6.07 Å². The first kappa shape index (κ1) is 26.3. The molecule has 0 aliphatic heterocycles. The maximum atomic E-state index is 15.2. The monoisotopic (exact) mass is 544 g/mol. The Morgan fingerprint density at radius 2 is 1.77 bits per heavy atom. The van der Waals surface area contributed by atoms with Crippen LogP contribution in [0.3, 0.4) is 0 Å². The quantitative estimate of drug-likeness (QED) is 0.277. The van der Waals surface area contributed by atoms with Crippen LogP contribution in [0.15, 0.2) is 30.9 Å². The number of imidazole rings is 1. The molecule has 0 N–H and O–H groups in total. The number of alkyl halides is 3. The Bertz CT molecular complexity index is 1510. The summed E-state index contributed by atoms with van der Waals surface area (Å²) in [6.45, 7) is 1.49. The van der Waals surface area contributed by atoms with Gasteiger partial charge in [-0.25, -0.2) is 24.3 Å². The molecule has 1 saturated carbocycles. The minimum atomic E-state index is -4.64.